The molecule has 0 bridgehead atoms. The average Bonchev–Trinajstić information content (AvgIpc) is 1.91. The summed E-state index contributed by atoms with van der Waals surface area (Å²) in [6.45, 7) is 4.36. The number of rotatable bonds is 1. The van der Waals surface area contributed by atoms with Gasteiger partial charge in [-0.3, -0.25) is 0 Å². The Morgan fingerprint density at radius 2 is 1.10 bits per heavy atom. The van der Waals surface area contributed by atoms with E-state index in [1.54, 1.807) is 0 Å². The Hall–Kier alpha value is -1.24. The van der Waals surface area contributed by atoms with Gasteiger partial charge in [0.05, 0.1) is 0 Å². The van der Waals surface area contributed by atoms with Gasteiger partial charge in [-0.1, -0.05) is 26.7 Å². The van der Waals surface area contributed by atoms with Crippen LogP contribution in [0.15, 0.2) is 0 Å². The summed E-state index contributed by atoms with van der Waals surface area (Å²) in [7, 11) is 0. The quantitative estimate of drug-likeness (QED) is 0.433. The molecule has 0 radical (unpaired) electrons. The molecular weight excluding hydrogens is 132 g/mol. The normalized spacial score (nSPS) is 4.60. The highest BCUT2D eigenvalue weighted by Crippen LogP contribution is 1.76. The SMILES string of the molecule is CCCC.N=C=O.N=C=O. The van der Waals surface area contributed by atoms with Gasteiger partial charge in [-0.25, -0.2) is 20.4 Å². The Morgan fingerprint density at radius 3 is 1.10 bits per heavy atom. The molecule has 0 aromatic carbocycles. The van der Waals surface area contributed by atoms with Gasteiger partial charge >= 0.3 is 0 Å². The van der Waals surface area contributed by atoms with Gasteiger partial charge in [0.1, 0.15) is 0 Å². The first kappa shape index (κ1) is 15.9. The third-order valence-corrected chi connectivity index (χ3v) is 0.500. The summed E-state index contributed by atoms with van der Waals surface area (Å²) in [5.41, 5.74) is 0. The van der Waals surface area contributed by atoms with Crippen LogP contribution in [0.25, 0.3) is 0 Å². The minimum absolute atomic E-state index is 0.750. The van der Waals surface area contributed by atoms with Crippen LogP contribution in [-0.4, -0.2) is 12.2 Å². The van der Waals surface area contributed by atoms with Crippen molar-refractivity contribution in [2.24, 2.45) is 0 Å². The van der Waals surface area contributed by atoms with E-state index < -0.39 is 0 Å². The maximum Gasteiger partial charge on any atom is 0.231 e. The molecule has 10 heavy (non-hydrogen) atoms. The first-order chi connectivity index (χ1) is 4.74. The minimum atomic E-state index is 0.750. The van der Waals surface area contributed by atoms with Crippen LogP contribution in [0.4, 0.5) is 0 Å². The van der Waals surface area contributed by atoms with Crippen LogP contribution in [0.5, 0.6) is 0 Å². The average molecular weight is 144 g/mol. The minimum Gasteiger partial charge on any atom is -0.222 e. The predicted molar refractivity (Wildman–Crippen MR) is 37.4 cm³/mol. The number of hydrogen-bond donors (Lipinski definition) is 2. The van der Waals surface area contributed by atoms with E-state index in [-0.39, 0.29) is 0 Å². The van der Waals surface area contributed by atoms with Crippen LogP contribution in [0.3, 0.4) is 0 Å². The zero-order chi connectivity index (χ0) is 8.83. The third kappa shape index (κ3) is 3890. The highest BCUT2D eigenvalue weighted by molar-refractivity contribution is 5.26. The molecule has 0 rings (SSSR count). The van der Waals surface area contributed by atoms with E-state index in [1.807, 2.05) is 0 Å². The highest BCUT2D eigenvalue weighted by Gasteiger charge is 1.56. The molecule has 2 N–H and O–H groups in total. The van der Waals surface area contributed by atoms with Crippen molar-refractivity contribution in [3.8, 4) is 0 Å². The fraction of sp³-hybridized carbons (Fsp3) is 0.667. The van der Waals surface area contributed by atoms with Gasteiger partial charge in [-0.2, -0.15) is 0 Å². The van der Waals surface area contributed by atoms with Gasteiger partial charge in [0, 0.05) is 0 Å². The number of nitrogens with one attached hydrogen (secondary N) is 2. The standard InChI is InChI=1S/C4H10.2CHNO/c1-3-4-2;2*2-1-3/h3-4H2,1-2H3;2*2H. The third-order valence-electron chi connectivity index (χ3n) is 0.500. The summed E-state index contributed by atoms with van der Waals surface area (Å²) < 4.78 is 0. The molecule has 58 valence electrons. The number of hydrogen-bond acceptors (Lipinski definition) is 4. The van der Waals surface area contributed by atoms with Crippen LogP contribution in [0, 0.1) is 10.8 Å². The van der Waals surface area contributed by atoms with E-state index in [1.165, 1.54) is 12.8 Å². The lowest BCUT2D eigenvalue weighted by Gasteiger charge is -1.68. The fourth-order valence-electron chi connectivity index (χ4n) is 0. The molecule has 0 aromatic heterocycles. The summed E-state index contributed by atoms with van der Waals surface area (Å²) >= 11 is 0. The molecule has 4 heteroatoms. The van der Waals surface area contributed by atoms with Crippen LogP contribution >= 0.6 is 0 Å². The topological polar surface area (TPSA) is 81.8 Å². The second kappa shape index (κ2) is 46.6. The van der Waals surface area contributed by atoms with Crippen molar-refractivity contribution in [2.75, 3.05) is 0 Å². The largest absolute Gasteiger partial charge is 0.231 e. The Morgan fingerprint density at radius 1 is 1.00 bits per heavy atom. The summed E-state index contributed by atoms with van der Waals surface area (Å²) in [5.74, 6) is 0. The molecule has 0 spiro atoms. The van der Waals surface area contributed by atoms with Crippen molar-refractivity contribution in [3.05, 3.63) is 0 Å². The zero-order valence-electron chi connectivity index (χ0n) is 6.23. The molecule has 0 aliphatic carbocycles. The molecule has 0 amide bonds. The Kier molecular flexibility index (Phi) is 74.0. The molecular formula is C6H12N2O2. The van der Waals surface area contributed by atoms with Crippen LogP contribution in [0.1, 0.15) is 26.7 Å². The zero-order valence-corrected chi connectivity index (χ0v) is 6.23. The second-order valence-corrected chi connectivity index (χ2v) is 1.20. The van der Waals surface area contributed by atoms with E-state index in [4.69, 9.17) is 20.4 Å². The van der Waals surface area contributed by atoms with Crippen molar-refractivity contribution in [1.82, 2.24) is 0 Å². The second-order valence-electron chi connectivity index (χ2n) is 1.20. The Labute approximate surface area is 60.3 Å². The first-order valence-corrected chi connectivity index (χ1v) is 2.82. The summed E-state index contributed by atoms with van der Waals surface area (Å²) in [5, 5.41) is 10.8. The van der Waals surface area contributed by atoms with Gasteiger partial charge in [-0.05, 0) is 0 Å². The van der Waals surface area contributed by atoms with Gasteiger partial charge < -0.3 is 0 Å². The Bertz CT molecular complexity index is 86.3. The maximum absolute atomic E-state index is 8.35. The van der Waals surface area contributed by atoms with Crippen molar-refractivity contribution in [2.45, 2.75) is 26.7 Å². The van der Waals surface area contributed by atoms with Gasteiger partial charge in [0.2, 0.25) is 12.2 Å². The molecule has 0 aliphatic heterocycles. The summed E-state index contributed by atoms with van der Waals surface area (Å²) in [6, 6.07) is 0. The number of isocyanates is 2. The molecule has 0 unspecified atom stereocenters. The van der Waals surface area contributed by atoms with Gasteiger partial charge in [0.15, 0.2) is 0 Å². The molecule has 0 saturated heterocycles. The van der Waals surface area contributed by atoms with E-state index in [9.17, 15) is 0 Å². The first-order valence-electron chi connectivity index (χ1n) is 2.82. The van der Waals surface area contributed by atoms with Crippen molar-refractivity contribution < 1.29 is 9.59 Å². The molecule has 0 aromatic rings. The van der Waals surface area contributed by atoms with Gasteiger partial charge in [0.25, 0.3) is 0 Å². The summed E-state index contributed by atoms with van der Waals surface area (Å²) in [4.78, 5) is 16.7. The fourth-order valence-corrected chi connectivity index (χ4v) is 0. The van der Waals surface area contributed by atoms with E-state index in [0.717, 1.165) is 12.2 Å². The smallest absolute Gasteiger partial charge is 0.222 e. The highest BCUT2D eigenvalue weighted by atomic mass is 16.1. The van der Waals surface area contributed by atoms with Crippen molar-refractivity contribution in [3.63, 3.8) is 0 Å². The molecule has 0 heterocycles. The van der Waals surface area contributed by atoms with Crippen molar-refractivity contribution in [1.29, 1.82) is 10.8 Å². The van der Waals surface area contributed by atoms with Gasteiger partial charge in [-0.15, -0.1) is 0 Å². The Balaban J connectivity index is -0.0000000750. The van der Waals surface area contributed by atoms with Crippen LogP contribution in [0.2, 0.25) is 0 Å². The van der Waals surface area contributed by atoms with Crippen molar-refractivity contribution >= 4 is 12.2 Å². The van der Waals surface area contributed by atoms with E-state index in [0.29, 0.717) is 0 Å². The van der Waals surface area contributed by atoms with E-state index in [2.05, 4.69) is 13.8 Å². The predicted octanol–water partition coefficient (Wildman–Crippen LogP) is 1.61. The number of unbranched alkanes of at least 4 members (excludes halogenated alkanes) is 1. The van der Waals surface area contributed by atoms with Crippen LogP contribution < -0.4 is 0 Å². The lowest BCUT2D eigenvalue weighted by atomic mass is 10.4. The molecule has 0 fully saturated rings. The number of carbonyl (C=O) groups excluding carboxylic acids is 2. The molecule has 4 nitrogen and oxygen atoms in total. The molecule has 0 aliphatic rings. The molecule has 0 saturated carbocycles. The maximum atomic E-state index is 8.35. The lowest BCUT2D eigenvalue weighted by Crippen LogP contribution is -1.47. The lowest BCUT2D eigenvalue weighted by molar-refractivity contribution is 0.562. The monoisotopic (exact) mass is 144 g/mol. The molecule has 0 atom stereocenters. The summed E-state index contributed by atoms with van der Waals surface area (Å²) in [6.07, 6.45) is 4.14. The van der Waals surface area contributed by atoms with E-state index >= 15 is 0 Å². The van der Waals surface area contributed by atoms with Crippen LogP contribution in [-0.2, 0) is 9.59 Å².